The second-order valence-corrected chi connectivity index (χ2v) is 9.24. The summed E-state index contributed by atoms with van der Waals surface area (Å²) in [7, 11) is 0. The standard InChI is InChI=1S/C16H24N2OS2/c1-4-16(3)14(19)18(11-15(2)8-6-10-21-15)13(17-16)12-7-5-9-20-12/h5,7,9,13,17H,4,6,8,10-11H2,1-3H3. The van der Waals surface area contributed by atoms with Gasteiger partial charge in [0, 0.05) is 16.2 Å². The maximum atomic E-state index is 13.0. The van der Waals surface area contributed by atoms with E-state index in [1.165, 1.54) is 23.5 Å². The van der Waals surface area contributed by atoms with E-state index >= 15 is 0 Å². The molecule has 21 heavy (non-hydrogen) atoms. The second-order valence-electron chi connectivity index (χ2n) is 6.58. The van der Waals surface area contributed by atoms with Crippen molar-refractivity contribution in [3.05, 3.63) is 22.4 Å². The number of nitrogens with one attached hydrogen (secondary N) is 1. The molecule has 2 aliphatic heterocycles. The van der Waals surface area contributed by atoms with Crippen LogP contribution in [0.3, 0.4) is 0 Å². The van der Waals surface area contributed by atoms with Gasteiger partial charge in [-0.1, -0.05) is 13.0 Å². The predicted molar refractivity (Wildman–Crippen MR) is 90.7 cm³/mol. The summed E-state index contributed by atoms with van der Waals surface area (Å²) in [4.78, 5) is 16.3. The van der Waals surface area contributed by atoms with Gasteiger partial charge in [0.2, 0.25) is 5.91 Å². The van der Waals surface area contributed by atoms with E-state index in [-0.39, 0.29) is 16.8 Å². The molecule has 116 valence electrons. The summed E-state index contributed by atoms with van der Waals surface area (Å²) in [5, 5.41) is 5.68. The van der Waals surface area contributed by atoms with Gasteiger partial charge < -0.3 is 4.90 Å². The Balaban J connectivity index is 1.88. The molecule has 3 nitrogen and oxygen atoms in total. The van der Waals surface area contributed by atoms with E-state index in [0.717, 1.165) is 13.0 Å². The Bertz CT molecular complexity index is 510. The molecule has 0 spiro atoms. The van der Waals surface area contributed by atoms with Crippen LogP contribution in [0, 0.1) is 0 Å². The monoisotopic (exact) mass is 324 g/mol. The van der Waals surface area contributed by atoms with Crippen molar-refractivity contribution in [3.8, 4) is 0 Å². The van der Waals surface area contributed by atoms with E-state index in [4.69, 9.17) is 0 Å². The summed E-state index contributed by atoms with van der Waals surface area (Å²) in [6.07, 6.45) is 3.35. The Morgan fingerprint density at radius 3 is 2.86 bits per heavy atom. The lowest BCUT2D eigenvalue weighted by Crippen LogP contribution is -2.44. The van der Waals surface area contributed by atoms with Crippen LogP contribution in [0.25, 0.3) is 0 Å². The van der Waals surface area contributed by atoms with Gasteiger partial charge in [-0.3, -0.25) is 10.1 Å². The van der Waals surface area contributed by atoms with Crippen molar-refractivity contribution in [3.63, 3.8) is 0 Å². The molecule has 1 aromatic rings. The van der Waals surface area contributed by atoms with Gasteiger partial charge in [0.15, 0.2) is 0 Å². The second kappa shape index (κ2) is 5.60. The summed E-state index contributed by atoms with van der Waals surface area (Å²) in [5.41, 5.74) is -0.422. The normalized spacial score (nSPS) is 36.6. The molecular weight excluding hydrogens is 300 g/mol. The summed E-state index contributed by atoms with van der Waals surface area (Å²) in [6, 6.07) is 4.20. The molecule has 0 radical (unpaired) electrons. The summed E-state index contributed by atoms with van der Waals surface area (Å²) in [6.45, 7) is 7.29. The van der Waals surface area contributed by atoms with Gasteiger partial charge >= 0.3 is 0 Å². The van der Waals surface area contributed by atoms with Gasteiger partial charge in [-0.25, -0.2) is 0 Å². The molecule has 0 saturated carbocycles. The molecule has 1 N–H and O–H groups in total. The lowest BCUT2D eigenvalue weighted by molar-refractivity contribution is -0.133. The maximum Gasteiger partial charge on any atom is 0.244 e. The molecular formula is C16H24N2OS2. The minimum Gasteiger partial charge on any atom is -0.319 e. The Labute approximate surface area is 135 Å². The molecule has 0 aromatic carbocycles. The van der Waals surface area contributed by atoms with Crippen LogP contribution in [-0.4, -0.2) is 33.4 Å². The third kappa shape index (κ3) is 2.76. The van der Waals surface area contributed by atoms with E-state index in [9.17, 15) is 4.79 Å². The predicted octanol–water partition coefficient (Wildman–Crippen LogP) is 3.63. The molecule has 3 rings (SSSR count). The molecule has 3 heterocycles. The van der Waals surface area contributed by atoms with Gasteiger partial charge in [-0.05, 0) is 50.3 Å². The number of thiophene rings is 1. The zero-order valence-electron chi connectivity index (χ0n) is 13.0. The number of nitrogens with zero attached hydrogens (tertiary/aromatic N) is 1. The molecule has 2 saturated heterocycles. The topological polar surface area (TPSA) is 32.3 Å². The van der Waals surface area contributed by atoms with Crippen LogP contribution in [0.2, 0.25) is 0 Å². The third-order valence-corrected chi connectivity index (χ3v) is 7.27. The van der Waals surface area contributed by atoms with Crippen LogP contribution in [0.4, 0.5) is 0 Å². The van der Waals surface area contributed by atoms with Crippen molar-refractivity contribution < 1.29 is 4.79 Å². The fourth-order valence-corrected chi connectivity index (χ4v) is 5.37. The lowest BCUT2D eigenvalue weighted by Gasteiger charge is -2.32. The highest BCUT2D eigenvalue weighted by Crippen LogP contribution is 2.42. The number of carbonyl (C=O) groups is 1. The number of hydrogen-bond acceptors (Lipinski definition) is 4. The maximum absolute atomic E-state index is 13.0. The Kier molecular flexibility index (Phi) is 4.10. The first-order valence-corrected chi connectivity index (χ1v) is 9.60. The van der Waals surface area contributed by atoms with E-state index in [1.807, 2.05) is 18.7 Å². The van der Waals surface area contributed by atoms with Crippen LogP contribution in [0.1, 0.15) is 51.1 Å². The van der Waals surface area contributed by atoms with Crippen molar-refractivity contribution in [1.82, 2.24) is 10.2 Å². The molecule has 1 amide bonds. The number of thioether (sulfide) groups is 1. The van der Waals surface area contributed by atoms with Crippen LogP contribution < -0.4 is 5.32 Å². The largest absolute Gasteiger partial charge is 0.319 e. The van der Waals surface area contributed by atoms with Gasteiger partial charge in [-0.2, -0.15) is 11.8 Å². The summed E-state index contributed by atoms with van der Waals surface area (Å²) >= 11 is 3.75. The molecule has 3 atom stereocenters. The molecule has 1 aromatic heterocycles. The highest BCUT2D eigenvalue weighted by molar-refractivity contribution is 8.00. The smallest absolute Gasteiger partial charge is 0.244 e. The molecule has 2 aliphatic rings. The van der Waals surface area contributed by atoms with E-state index in [2.05, 4.69) is 41.6 Å². The molecule has 3 unspecified atom stereocenters. The minimum atomic E-state index is -0.422. The summed E-state index contributed by atoms with van der Waals surface area (Å²) in [5.74, 6) is 1.48. The molecule has 2 fully saturated rings. The van der Waals surface area contributed by atoms with Crippen molar-refractivity contribution in [2.45, 2.75) is 56.5 Å². The number of amides is 1. The molecule has 0 bridgehead atoms. The van der Waals surface area contributed by atoms with Crippen LogP contribution in [0.15, 0.2) is 17.5 Å². The van der Waals surface area contributed by atoms with Crippen molar-refractivity contribution >= 4 is 29.0 Å². The van der Waals surface area contributed by atoms with Crippen LogP contribution >= 0.6 is 23.1 Å². The first kappa shape index (κ1) is 15.4. The minimum absolute atomic E-state index is 0.0421. The van der Waals surface area contributed by atoms with Crippen LogP contribution in [0.5, 0.6) is 0 Å². The van der Waals surface area contributed by atoms with E-state index in [0.29, 0.717) is 0 Å². The number of hydrogen-bond donors (Lipinski definition) is 1. The zero-order chi connectivity index (χ0) is 15.1. The SMILES string of the molecule is CCC1(C)NC(c2cccs2)N(CC2(C)CCCS2)C1=O. The number of rotatable bonds is 4. The Morgan fingerprint density at radius 1 is 1.48 bits per heavy atom. The average Bonchev–Trinajstić information content (AvgIpc) is 3.17. The first-order valence-electron chi connectivity index (χ1n) is 7.74. The third-order valence-electron chi connectivity index (χ3n) is 4.82. The fraction of sp³-hybridized carbons (Fsp3) is 0.688. The highest BCUT2D eigenvalue weighted by atomic mass is 32.2. The van der Waals surface area contributed by atoms with Crippen molar-refractivity contribution in [2.75, 3.05) is 12.3 Å². The lowest BCUT2D eigenvalue weighted by atomic mass is 9.98. The Morgan fingerprint density at radius 2 is 2.29 bits per heavy atom. The average molecular weight is 325 g/mol. The van der Waals surface area contributed by atoms with Gasteiger partial charge in [-0.15, -0.1) is 11.3 Å². The summed E-state index contributed by atoms with van der Waals surface area (Å²) < 4.78 is 0.214. The van der Waals surface area contributed by atoms with Crippen molar-refractivity contribution in [1.29, 1.82) is 0 Å². The quantitative estimate of drug-likeness (QED) is 0.918. The first-order chi connectivity index (χ1) is 9.97. The van der Waals surface area contributed by atoms with Gasteiger partial charge in [0.25, 0.3) is 0 Å². The zero-order valence-corrected chi connectivity index (χ0v) is 14.6. The van der Waals surface area contributed by atoms with Crippen LogP contribution in [-0.2, 0) is 4.79 Å². The molecule has 0 aliphatic carbocycles. The number of carbonyl (C=O) groups excluding carboxylic acids is 1. The highest BCUT2D eigenvalue weighted by Gasteiger charge is 2.49. The van der Waals surface area contributed by atoms with Gasteiger partial charge in [0.1, 0.15) is 6.17 Å². The Hall–Kier alpha value is -0.520. The fourth-order valence-electron chi connectivity index (χ4n) is 3.29. The van der Waals surface area contributed by atoms with E-state index in [1.54, 1.807) is 11.3 Å². The van der Waals surface area contributed by atoms with E-state index < -0.39 is 5.54 Å². The van der Waals surface area contributed by atoms with Gasteiger partial charge in [0.05, 0.1) is 5.54 Å². The van der Waals surface area contributed by atoms with Crippen molar-refractivity contribution in [2.24, 2.45) is 0 Å². The molecule has 5 heteroatoms.